The number of aromatic nitrogens is 1. The van der Waals surface area contributed by atoms with Crippen molar-refractivity contribution in [3.8, 4) is 0 Å². The highest BCUT2D eigenvalue weighted by Gasteiger charge is 2.64. The molecule has 0 bridgehead atoms. The Labute approximate surface area is 171 Å². The summed E-state index contributed by atoms with van der Waals surface area (Å²) in [7, 11) is 0. The summed E-state index contributed by atoms with van der Waals surface area (Å²) in [6, 6.07) is 18.8. The fourth-order valence-corrected chi connectivity index (χ4v) is 5.37. The number of rotatable bonds is 5. The second-order valence-electron chi connectivity index (χ2n) is 8.79. The monoisotopic (exact) mass is 385 g/mol. The van der Waals surface area contributed by atoms with E-state index in [1.54, 1.807) is 6.21 Å². The van der Waals surface area contributed by atoms with Gasteiger partial charge < -0.3 is 4.57 Å². The van der Waals surface area contributed by atoms with Crippen molar-refractivity contribution in [3.63, 3.8) is 0 Å². The quantitative estimate of drug-likeness (QED) is 0.489. The highest BCUT2D eigenvalue weighted by atomic mass is 16.2. The predicted octanol–water partition coefficient (Wildman–Crippen LogP) is 4.97. The number of amides is 1. The molecule has 3 atom stereocenters. The minimum Gasteiger partial charge on any atom is -0.342 e. The van der Waals surface area contributed by atoms with Crippen molar-refractivity contribution >= 4 is 23.0 Å². The van der Waals surface area contributed by atoms with Crippen molar-refractivity contribution in [1.29, 1.82) is 0 Å². The second kappa shape index (κ2) is 7.18. The lowest BCUT2D eigenvalue weighted by atomic mass is 9.90. The molecule has 2 aliphatic carbocycles. The van der Waals surface area contributed by atoms with E-state index >= 15 is 0 Å². The van der Waals surface area contributed by atoms with Gasteiger partial charge in [0.2, 0.25) is 5.91 Å². The fourth-order valence-electron chi connectivity index (χ4n) is 5.37. The molecule has 29 heavy (non-hydrogen) atoms. The summed E-state index contributed by atoms with van der Waals surface area (Å²) in [5, 5.41) is 5.47. The lowest BCUT2D eigenvalue weighted by Crippen LogP contribution is -2.22. The molecule has 2 aliphatic rings. The molecular weight excluding hydrogens is 358 g/mol. The highest BCUT2D eigenvalue weighted by molar-refractivity contribution is 5.99. The Morgan fingerprint density at radius 1 is 1.17 bits per heavy atom. The summed E-state index contributed by atoms with van der Waals surface area (Å²) in [6.45, 7) is 3.08. The number of hydrazone groups is 1. The molecule has 1 heterocycles. The third-order valence-electron chi connectivity index (χ3n) is 7.01. The Hall–Kier alpha value is -2.88. The summed E-state index contributed by atoms with van der Waals surface area (Å²) in [4.78, 5) is 12.6. The molecule has 1 N–H and O–H groups in total. The van der Waals surface area contributed by atoms with Gasteiger partial charge in [0.1, 0.15) is 0 Å². The molecule has 3 aromatic rings. The second-order valence-corrected chi connectivity index (χ2v) is 8.79. The van der Waals surface area contributed by atoms with Crippen molar-refractivity contribution in [1.82, 2.24) is 9.99 Å². The van der Waals surface area contributed by atoms with E-state index < -0.39 is 0 Å². The summed E-state index contributed by atoms with van der Waals surface area (Å²) < 4.78 is 2.24. The standard InChI is InChI=1S/C25H27N3O/c1-25-14-8-7-12-21(25)23(25)24(29)27-26-15-19-17-28(16-18-9-3-2-4-10-18)22-13-6-5-11-20(19)22/h2-6,9-11,13,15,17,21,23H,7-8,12,14,16H2,1H3,(H,27,29)/b26-15-/t21-,23-,25+/m1/s1. The van der Waals surface area contributed by atoms with E-state index in [1.165, 1.54) is 36.8 Å². The molecule has 0 spiro atoms. The van der Waals surface area contributed by atoms with Crippen LogP contribution in [0.1, 0.15) is 43.7 Å². The van der Waals surface area contributed by atoms with Gasteiger partial charge in [-0.25, -0.2) is 5.43 Å². The maximum absolute atomic E-state index is 12.6. The van der Waals surface area contributed by atoms with Crippen LogP contribution in [0.25, 0.3) is 10.9 Å². The van der Waals surface area contributed by atoms with Crippen LogP contribution in [-0.4, -0.2) is 16.7 Å². The molecule has 5 rings (SSSR count). The van der Waals surface area contributed by atoms with Gasteiger partial charge in [0.15, 0.2) is 0 Å². The molecule has 1 amide bonds. The first-order chi connectivity index (χ1) is 14.2. The molecule has 0 unspecified atom stereocenters. The molecule has 4 heteroatoms. The number of para-hydroxylation sites is 1. The van der Waals surface area contributed by atoms with Crippen molar-refractivity contribution in [2.24, 2.45) is 22.4 Å². The smallest absolute Gasteiger partial charge is 0.244 e. The van der Waals surface area contributed by atoms with Crippen LogP contribution in [0.3, 0.4) is 0 Å². The zero-order chi connectivity index (χ0) is 19.8. The molecule has 2 fully saturated rings. The molecule has 2 saturated carbocycles. The Morgan fingerprint density at radius 3 is 2.76 bits per heavy atom. The number of hydrogen-bond acceptors (Lipinski definition) is 2. The highest BCUT2D eigenvalue weighted by Crippen LogP contribution is 2.66. The van der Waals surface area contributed by atoms with Crippen LogP contribution in [0, 0.1) is 17.3 Å². The van der Waals surface area contributed by atoms with Crippen LogP contribution in [0.2, 0.25) is 0 Å². The minimum absolute atomic E-state index is 0.0867. The van der Waals surface area contributed by atoms with Crippen molar-refractivity contribution in [2.75, 3.05) is 0 Å². The van der Waals surface area contributed by atoms with Gasteiger partial charge in [0.05, 0.1) is 6.21 Å². The zero-order valence-electron chi connectivity index (χ0n) is 16.8. The number of carbonyl (C=O) groups excluding carboxylic acids is 1. The number of nitrogens with zero attached hydrogens (tertiary/aromatic N) is 2. The summed E-state index contributed by atoms with van der Waals surface area (Å²) in [6.07, 6.45) is 8.77. The average Bonchev–Trinajstić information content (AvgIpc) is 3.25. The number of hydrogen-bond donors (Lipinski definition) is 1. The van der Waals surface area contributed by atoms with Crippen LogP contribution in [-0.2, 0) is 11.3 Å². The fraction of sp³-hybridized carbons (Fsp3) is 0.360. The van der Waals surface area contributed by atoms with Crippen LogP contribution in [0.4, 0.5) is 0 Å². The SMILES string of the molecule is C[C@]12CCCC[C@@H]1[C@@H]2C(=O)N/N=C\c1cn(Cc2ccccc2)c2ccccc12. The van der Waals surface area contributed by atoms with Crippen LogP contribution in [0.5, 0.6) is 0 Å². The Morgan fingerprint density at radius 2 is 1.97 bits per heavy atom. The van der Waals surface area contributed by atoms with Crippen LogP contribution >= 0.6 is 0 Å². The van der Waals surface area contributed by atoms with E-state index in [0.717, 1.165) is 17.5 Å². The first kappa shape index (κ1) is 18.2. The average molecular weight is 386 g/mol. The van der Waals surface area contributed by atoms with Gasteiger partial charge in [0.25, 0.3) is 0 Å². The van der Waals surface area contributed by atoms with Crippen molar-refractivity contribution in [3.05, 3.63) is 71.9 Å². The Bertz CT molecular complexity index is 1070. The number of benzene rings is 2. The van der Waals surface area contributed by atoms with Gasteiger partial charge in [0, 0.05) is 35.1 Å². The van der Waals surface area contributed by atoms with Gasteiger partial charge >= 0.3 is 0 Å². The van der Waals surface area contributed by atoms with Crippen molar-refractivity contribution < 1.29 is 4.79 Å². The number of carbonyl (C=O) groups is 1. The minimum atomic E-state index is 0.0867. The van der Waals surface area contributed by atoms with E-state index in [-0.39, 0.29) is 17.2 Å². The summed E-state index contributed by atoms with van der Waals surface area (Å²) in [5.74, 6) is 0.782. The normalized spacial score (nSPS) is 25.8. The first-order valence-corrected chi connectivity index (χ1v) is 10.6. The lowest BCUT2D eigenvalue weighted by Gasteiger charge is -2.15. The molecule has 4 nitrogen and oxygen atoms in total. The Kier molecular flexibility index (Phi) is 4.50. The van der Waals surface area contributed by atoms with E-state index in [0.29, 0.717) is 5.92 Å². The molecular formula is C25H27N3O. The molecule has 2 aromatic carbocycles. The maximum atomic E-state index is 12.6. The van der Waals surface area contributed by atoms with Gasteiger partial charge in [-0.15, -0.1) is 0 Å². The van der Waals surface area contributed by atoms with E-state index in [9.17, 15) is 4.79 Å². The lowest BCUT2D eigenvalue weighted by molar-refractivity contribution is -0.123. The van der Waals surface area contributed by atoms with E-state index in [1.807, 2.05) is 12.1 Å². The van der Waals surface area contributed by atoms with Gasteiger partial charge in [-0.1, -0.05) is 68.3 Å². The molecule has 0 saturated heterocycles. The Balaban J connectivity index is 1.33. The first-order valence-electron chi connectivity index (χ1n) is 10.6. The maximum Gasteiger partial charge on any atom is 0.244 e. The van der Waals surface area contributed by atoms with Crippen LogP contribution < -0.4 is 5.43 Å². The predicted molar refractivity (Wildman–Crippen MR) is 117 cm³/mol. The molecule has 0 aliphatic heterocycles. The third kappa shape index (κ3) is 3.27. The van der Waals surface area contributed by atoms with E-state index in [2.05, 4.69) is 70.7 Å². The van der Waals surface area contributed by atoms with Gasteiger partial charge in [-0.2, -0.15) is 5.10 Å². The topological polar surface area (TPSA) is 46.4 Å². The molecule has 0 radical (unpaired) electrons. The largest absolute Gasteiger partial charge is 0.342 e. The number of nitrogens with one attached hydrogen (secondary N) is 1. The summed E-state index contributed by atoms with van der Waals surface area (Å²) >= 11 is 0. The van der Waals surface area contributed by atoms with E-state index in [4.69, 9.17) is 0 Å². The molecule has 148 valence electrons. The van der Waals surface area contributed by atoms with Gasteiger partial charge in [-0.05, 0) is 35.8 Å². The summed E-state index contributed by atoms with van der Waals surface area (Å²) in [5.41, 5.74) is 6.49. The van der Waals surface area contributed by atoms with Crippen LogP contribution in [0.15, 0.2) is 65.9 Å². The van der Waals surface area contributed by atoms with Crippen molar-refractivity contribution in [2.45, 2.75) is 39.2 Å². The molecule has 1 aromatic heterocycles. The number of fused-ring (bicyclic) bond motifs is 2. The third-order valence-corrected chi connectivity index (χ3v) is 7.01. The zero-order valence-corrected chi connectivity index (χ0v) is 16.8. The van der Waals surface area contributed by atoms with Gasteiger partial charge in [-0.3, -0.25) is 4.79 Å².